The van der Waals surface area contributed by atoms with E-state index in [-0.39, 0.29) is 12.3 Å². The Morgan fingerprint density at radius 3 is 2.27 bits per heavy atom. The highest BCUT2D eigenvalue weighted by Gasteiger charge is 2.59. The Morgan fingerprint density at radius 1 is 1.32 bits per heavy atom. The number of rotatable bonds is 4. The average Bonchev–Trinajstić information content (AvgIpc) is 2.44. The predicted molar refractivity (Wildman–Crippen MR) is 68.6 cm³/mol. The molecule has 2 N–H and O–H groups in total. The topological polar surface area (TPSA) is 85.4 Å². The van der Waals surface area contributed by atoms with Crippen LogP contribution in [0.2, 0.25) is 0 Å². The maximum atomic E-state index is 13.3. The molecule has 0 fully saturated rings. The zero-order valence-corrected chi connectivity index (χ0v) is 12.3. The number of pyridine rings is 1. The lowest BCUT2D eigenvalue weighted by atomic mass is 10.1. The van der Waals surface area contributed by atoms with Crippen molar-refractivity contribution in [2.75, 3.05) is 12.8 Å². The van der Waals surface area contributed by atoms with E-state index in [9.17, 15) is 30.4 Å². The molecule has 22 heavy (non-hydrogen) atoms. The highest BCUT2D eigenvalue weighted by molar-refractivity contribution is 7.91. The Balaban J connectivity index is 3.69. The van der Waals surface area contributed by atoms with Gasteiger partial charge in [0.2, 0.25) is 0 Å². The van der Waals surface area contributed by atoms with Gasteiger partial charge in [-0.3, -0.25) is 9.98 Å². The van der Waals surface area contributed by atoms with Crippen LogP contribution in [-0.2, 0) is 15.8 Å². The van der Waals surface area contributed by atoms with Gasteiger partial charge in [-0.1, -0.05) is 6.92 Å². The SMILES string of the molecule is CCS(=O)(=O)c1cc(C(F)(F)C(F)(F)F)cnc1C(N)=NC. The number of halogens is 5. The van der Waals surface area contributed by atoms with Crippen molar-refractivity contribution in [1.29, 1.82) is 0 Å². The molecular formula is C11H12F5N3O2S. The molecule has 0 radical (unpaired) electrons. The number of hydrogen-bond donors (Lipinski definition) is 1. The first-order valence-electron chi connectivity index (χ1n) is 5.79. The zero-order valence-electron chi connectivity index (χ0n) is 11.4. The van der Waals surface area contributed by atoms with Crippen LogP contribution in [0.5, 0.6) is 0 Å². The molecule has 0 aromatic carbocycles. The van der Waals surface area contributed by atoms with Crippen LogP contribution in [0.1, 0.15) is 18.2 Å². The number of nitrogens with two attached hydrogens (primary N) is 1. The Labute approximate surface area is 123 Å². The first-order valence-corrected chi connectivity index (χ1v) is 7.44. The summed E-state index contributed by atoms with van der Waals surface area (Å²) in [6.45, 7) is 1.20. The van der Waals surface area contributed by atoms with Gasteiger partial charge in [-0.25, -0.2) is 8.42 Å². The van der Waals surface area contributed by atoms with Crippen molar-refractivity contribution in [1.82, 2.24) is 4.98 Å². The molecule has 5 nitrogen and oxygen atoms in total. The molecule has 0 amide bonds. The lowest BCUT2D eigenvalue weighted by Crippen LogP contribution is -2.34. The van der Waals surface area contributed by atoms with E-state index in [1.807, 2.05) is 0 Å². The van der Waals surface area contributed by atoms with Gasteiger partial charge < -0.3 is 5.73 Å². The van der Waals surface area contributed by atoms with Crippen molar-refractivity contribution in [3.63, 3.8) is 0 Å². The lowest BCUT2D eigenvalue weighted by Gasteiger charge is -2.20. The maximum absolute atomic E-state index is 13.3. The van der Waals surface area contributed by atoms with Crippen molar-refractivity contribution in [3.8, 4) is 0 Å². The molecule has 0 aliphatic carbocycles. The summed E-state index contributed by atoms with van der Waals surface area (Å²) in [6, 6.07) is 0.229. The van der Waals surface area contributed by atoms with Crippen LogP contribution in [-0.4, -0.2) is 38.2 Å². The molecule has 0 aliphatic heterocycles. The quantitative estimate of drug-likeness (QED) is 0.513. The van der Waals surface area contributed by atoms with E-state index < -0.39 is 49.7 Å². The van der Waals surface area contributed by atoms with Gasteiger partial charge in [-0.05, 0) is 6.07 Å². The van der Waals surface area contributed by atoms with Gasteiger partial charge in [-0.15, -0.1) is 0 Å². The summed E-state index contributed by atoms with van der Waals surface area (Å²) in [7, 11) is -2.94. The second-order valence-corrected chi connectivity index (χ2v) is 6.40. The minimum Gasteiger partial charge on any atom is -0.382 e. The van der Waals surface area contributed by atoms with Crippen LogP contribution >= 0.6 is 0 Å². The fourth-order valence-electron chi connectivity index (χ4n) is 1.47. The van der Waals surface area contributed by atoms with Gasteiger partial charge >= 0.3 is 12.1 Å². The Morgan fingerprint density at radius 2 is 1.86 bits per heavy atom. The summed E-state index contributed by atoms with van der Waals surface area (Å²) in [5, 5.41) is 0. The van der Waals surface area contributed by atoms with Crippen LogP contribution in [0.15, 0.2) is 22.2 Å². The first-order chi connectivity index (χ1) is 9.88. The van der Waals surface area contributed by atoms with Crippen molar-refractivity contribution < 1.29 is 30.4 Å². The molecular weight excluding hydrogens is 333 g/mol. The molecule has 1 rings (SSSR count). The Kier molecular flexibility index (Phi) is 4.80. The van der Waals surface area contributed by atoms with Gasteiger partial charge in [-0.2, -0.15) is 22.0 Å². The highest BCUT2D eigenvalue weighted by atomic mass is 32.2. The highest BCUT2D eigenvalue weighted by Crippen LogP contribution is 2.44. The molecule has 11 heteroatoms. The van der Waals surface area contributed by atoms with Gasteiger partial charge in [0.15, 0.2) is 9.84 Å². The van der Waals surface area contributed by atoms with Gasteiger partial charge in [0, 0.05) is 13.2 Å². The van der Waals surface area contributed by atoms with E-state index >= 15 is 0 Å². The third kappa shape index (κ3) is 3.18. The molecule has 0 atom stereocenters. The van der Waals surface area contributed by atoms with Gasteiger partial charge in [0.05, 0.1) is 16.2 Å². The first kappa shape index (κ1) is 18.3. The largest absolute Gasteiger partial charge is 0.458 e. The number of aliphatic imine (C=N–C) groups is 1. The normalized spacial score (nSPS) is 14.2. The molecule has 1 aromatic rings. The van der Waals surface area contributed by atoms with E-state index in [2.05, 4.69) is 9.98 Å². The summed E-state index contributed by atoms with van der Waals surface area (Å²) in [5.41, 5.74) is 3.35. The fourth-order valence-corrected chi connectivity index (χ4v) is 2.54. The summed E-state index contributed by atoms with van der Waals surface area (Å²) in [6.07, 6.45) is -5.65. The minimum atomic E-state index is -5.88. The number of alkyl halides is 5. The molecule has 0 unspecified atom stereocenters. The van der Waals surface area contributed by atoms with Crippen molar-refractivity contribution >= 4 is 15.7 Å². The van der Waals surface area contributed by atoms with Crippen LogP contribution in [0.3, 0.4) is 0 Å². The smallest absolute Gasteiger partial charge is 0.382 e. The van der Waals surface area contributed by atoms with E-state index in [1.165, 1.54) is 14.0 Å². The number of aromatic nitrogens is 1. The molecule has 0 bridgehead atoms. The van der Waals surface area contributed by atoms with Crippen molar-refractivity contribution in [3.05, 3.63) is 23.5 Å². The number of hydrogen-bond acceptors (Lipinski definition) is 4. The minimum absolute atomic E-state index is 0.229. The molecule has 1 heterocycles. The van der Waals surface area contributed by atoms with Crippen LogP contribution in [0, 0.1) is 0 Å². The van der Waals surface area contributed by atoms with Crippen LogP contribution in [0.25, 0.3) is 0 Å². The molecule has 0 aliphatic rings. The number of amidine groups is 1. The summed E-state index contributed by atoms with van der Waals surface area (Å²) >= 11 is 0. The molecule has 0 spiro atoms. The van der Waals surface area contributed by atoms with Gasteiger partial charge in [0.1, 0.15) is 11.5 Å². The zero-order chi connectivity index (χ0) is 17.3. The predicted octanol–water partition coefficient (Wildman–Crippen LogP) is 1.86. The standard InChI is InChI=1S/C11H12F5N3O2S/c1-3-22(20,21)7-4-6(10(12,13)11(14,15)16)5-19-8(7)9(17)18-2/h4-5H,3H2,1-2H3,(H2,17,18). The van der Waals surface area contributed by atoms with Crippen molar-refractivity contribution in [2.24, 2.45) is 10.7 Å². The van der Waals surface area contributed by atoms with E-state index in [0.29, 0.717) is 0 Å². The fraction of sp³-hybridized carbons (Fsp3) is 0.455. The van der Waals surface area contributed by atoms with E-state index in [0.717, 1.165) is 0 Å². The molecule has 0 saturated heterocycles. The third-order valence-electron chi connectivity index (χ3n) is 2.77. The third-order valence-corrected chi connectivity index (χ3v) is 4.51. The Bertz CT molecular complexity index is 698. The second kappa shape index (κ2) is 5.78. The van der Waals surface area contributed by atoms with Crippen LogP contribution < -0.4 is 5.73 Å². The van der Waals surface area contributed by atoms with Crippen LogP contribution in [0.4, 0.5) is 22.0 Å². The molecule has 0 saturated carbocycles. The summed E-state index contributed by atoms with van der Waals surface area (Å²) in [5.74, 6) is -6.16. The monoisotopic (exact) mass is 345 g/mol. The summed E-state index contributed by atoms with van der Waals surface area (Å²) in [4.78, 5) is 5.97. The molecule has 1 aromatic heterocycles. The van der Waals surface area contributed by atoms with Crippen molar-refractivity contribution in [2.45, 2.75) is 23.9 Å². The Hall–Kier alpha value is -1.78. The second-order valence-electron chi connectivity index (χ2n) is 4.16. The maximum Gasteiger partial charge on any atom is 0.458 e. The average molecular weight is 345 g/mol. The van der Waals surface area contributed by atoms with Gasteiger partial charge in [0.25, 0.3) is 0 Å². The summed E-state index contributed by atoms with van der Waals surface area (Å²) < 4.78 is 87.6. The number of sulfone groups is 1. The lowest BCUT2D eigenvalue weighted by molar-refractivity contribution is -0.289. The van der Waals surface area contributed by atoms with E-state index in [1.54, 1.807) is 0 Å². The number of nitrogens with zero attached hydrogens (tertiary/aromatic N) is 2. The van der Waals surface area contributed by atoms with E-state index in [4.69, 9.17) is 5.73 Å². The molecule has 124 valence electrons.